The van der Waals surface area contributed by atoms with E-state index < -0.39 is 6.17 Å². The number of aromatic nitrogens is 2. The fourth-order valence-corrected chi connectivity index (χ4v) is 7.90. The van der Waals surface area contributed by atoms with Crippen LogP contribution in [0.25, 0.3) is 66.1 Å². The zero-order valence-electron chi connectivity index (χ0n) is 30.6. The second kappa shape index (κ2) is 14.1. The van der Waals surface area contributed by atoms with Gasteiger partial charge in [-0.05, 0) is 76.9 Å². The lowest BCUT2D eigenvalue weighted by Crippen LogP contribution is -2.11. The molecular weight excluding hydrogens is 683 g/mol. The van der Waals surface area contributed by atoms with Crippen molar-refractivity contribution in [3.05, 3.63) is 217 Å². The monoisotopic (exact) mass is 719 g/mol. The van der Waals surface area contributed by atoms with Gasteiger partial charge >= 0.3 is 0 Å². The third kappa shape index (κ3) is 5.97. The summed E-state index contributed by atoms with van der Waals surface area (Å²) in [7, 11) is 0. The Balaban J connectivity index is 1.13. The lowest BCUT2D eigenvalue weighted by Gasteiger charge is -2.11. The minimum absolute atomic E-state index is 0.532. The Morgan fingerprint density at radius 1 is 0.446 bits per heavy atom. The molecule has 0 radical (unpaired) electrons. The van der Waals surface area contributed by atoms with Crippen LogP contribution in [0.3, 0.4) is 0 Å². The Morgan fingerprint density at radius 3 is 1.71 bits per heavy atom. The van der Waals surface area contributed by atoms with Crippen LogP contribution in [0.5, 0.6) is 0 Å². The van der Waals surface area contributed by atoms with Crippen molar-refractivity contribution in [3.8, 4) is 22.5 Å². The number of benzene rings is 8. The summed E-state index contributed by atoms with van der Waals surface area (Å²) in [6.45, 7) is 0. The highest BCUT2D eigenvalue weighted by Crippen LogP contribution is 2.40. The van der Waals surface area contributed by atoms with Crippen LogP contribution >= 0.6 is 0 Å². The topological polar surface area (TPSA) is 60.6 Å². The highest BCUT2D eigenvalue weighted by Gasteiger charge is 2.19. The first kappa shape index (κ1) is 33.2. The van der Waals surface area contributed by atoms with Crippen molar-refractivity contribution >= 4 is 55.7 Å². The fraction of sp³-hybridized carbons (Fsp3) is 0.0196. The molecule has 0 saturated heterocycles. The van der Waals surface area contributed by atoms with E-state index in [1.54, 1.807) is 0 Å². The minimum atomic E-state index is -0.532. The van der Waals surface area contributed by atoms with Crippen LogP contribution in [-0.4, -0.2) is 21.2 Å². The molecule has 266 valence electrons. The number of amidine groups is 1. The molecule has 2 aromatic heterocycles. The Labute approximate surface area is 325 Å². The van der Waals surface area contributed by atoms with Crippen LogP contribution in [0.15, 0.2) is 210 Å². The molecule has 0 amide bonds. The Kier molecular flexibility index (Phi) is 8.40. The van der Waals surface area contributed by atoms with Gasteiger partial charge in [0.1, 0.15) is 6.17 Å². The number of nitrogens with two attached hydrogens (primary N) is 1. The van der Waals surface area contributed by atoms with E-state index in [9.17, 15) is 0 Å². The van der Waals surface area contributed by atoms with Gasteiger partial charge in [0.2, 0.25) is 0 Å². The second-order valence-corrected chi connectivity index (χ2v) is 14.0. The molecule has 0 fully saturated rings. The van der Waals surface area contributed by atoms with Gasteiger partial charge < -0.3 is 14.9 Å². The first-order valence-electron chi connectivity index (χ1n) is 18.9. The molecule has 1 unspecified atom stereocenters. The smallest absolute Gasteiger partial charge is 0.156 e. The minimum Gasteiger partial charge on any atom is -0.309 e. The summed E-state index contributed by atoms with van der Waals surface area (Å²) in [6, 6.07) is 70.1. The summed E-state index contributed by atoms with van der Waals surface area (Å²) >= 11 is 0. The lowest BCUT2D eigenvalue weighted by atomic mass is 10.0. The average Bonchev–Trinajstić information content (AvgIpc) is 3.77. The van der Waals surface area contributed by atoms with Gasteiger partial charge in [-0.2, -0.15) is 0 Å². The van der Waals surface area contributed by atoms with Gasteiger partial charge in [0.15, 0.2) is 5.84 Å². The molecular formula is C51H37N5. The van der Waals surface area contributed by atoms with Crippen LogP contribution in [0.1, 0.15) is 22.9 Å². The van der Waals surface area contributed by atoms with Gasteiger partial charge in [-0.15, -0.1) is 0 Å². The molecule has 10 rings (SSSR count). The van der Waals surface area contributed by atoms with E-state index >= 15 is 0 Å². The van der Waals surface area contributed by atoms with E-state index in [1.807, 2.05) is 66.9 Å². The maximum atomic E-state index is 6.54. The van der Waals surface area contributed by atoms with E-state index in [2.05, 4.69) is 149 Å². The molecule has 2 N–H and O–H groups in total. The molecule has 5 heteroatoms. The van der Waals surface area contributed by atoms with Gasteiger partial charge in [-0.25, -0.2) is 9.98 Å². The third-order valence-electron chi connectivity index (χ3n) is 10.6. The zero-order valence-corrected chi connectivity index (χ0v) is 30.6. The molecule has 56 heavy (non-hydrogen) atoms. The number of aliphatic imine (C=N–C) groups is 2. The van der Waals surface area contributed by atoms with Crippen molar-refractivity contribution in [2.24, 2.45) is 15.7 Å². The summed E-state index contributed by atoms with van der Waals surface area (Å²) in [5.41, 5.74) is 18.6. The average molecular weight is 720 g/mol. The van der Waals surface area contributed by atoms with Gasteiger partial charge in [0.25, 0.3) is 0 Å². The van der Waals surface area contributed by atoms with Crippen molar-refractivity contribution in [1.82, 2.24) is 9.13 Å². The number of fused-ring (bicyclic) bond motifs is 6. The number of para-hydroxylation sites is 2. The van der Waals surface area contributed by atoms with Crippen LogP contribution in [0.4, 0.5) is 0 Å². The highest BCUT2D eigenvalue weighted by atomic mass is 15.0. The standard InChI is InChI=1S/C51H37N5/c52-50(37-17-7-2-8-18-37)54-51(38-19-9-3-10-20-38)53-34-35-25-28-41(29-26-35)56-47-30-27-39(36-15-5-1-6-16-36)31-43(47)45-32-44-42-23-13-14-24-46(42)55(48(44)33-49(45)56)40-21-11-4-12-22-40/h1-34,50H,52H2. The summed E-state index contributed by atoms with van der Waals surface area (Å²) in [5, 5.41) is 4.89. The summed E-state index contributed by atoms with van der Waals surface area (Å²) in [5.74, 6) is 0.584. The number of hydrogen-bond acceptors (Lipinski definition) is 2. The third-order valence-corrected chi connectivity index (χ3v) is 10.6. The molecule has 0 saturated carbocycles. The lowest BCUT2D eigenvalue weighted by molar-refractivity contribution is 0.775. The molecule has 8 aromatic carbocycles. The first-order valence-corrected chi connectivity index (χ1v) is 18.9. The van der Waals surface area contributed by atoms with E-state index in [-0.39, 0.29) is 0 Å². The SMILES string of the molecule is NC(N=C(N=Cc1ccc(-n2c3ccc(-c4ccccc4)cc3c3cc4c5ccccc5n(-c5ccccc5)c4cc32)cc1)c1ccccc1)c1ccccc1. The zero-order chi connectivity index (χ0) is 37.4. The molecule has 2 heterocycles. The predicted octanol–water partition coefficient (Wildman–Crippen LogP) is 12.1. The molecule has 1 atom stereocenters. The summed E-state index contributed by atoms with van der Waals surface area (Å²) in [4.78, 5) is 9.74. The molecule has 0 aliphatic carbocycles. The van der Waals surface area contributed by atoms with Gasteiger partial charge in [-0.3, -0.25) is 0 Å². The van der Waals surface area contributed by atoms with Crippen molar-refractivity contribution in [3.63, 3.8) is 0 Å². The largest absolute Gasteiger partial charge is 0.309 e. The van der Waals surface area contributed by atoms with Crippen LogP contribution < -0.4 is 5.73 Å². The summed E-state index contributed by atoms with van der Waals surface area (Å²) < 4.78 is 4.78. The van der Waals surface area contributed by atoms with Crippen molar-refractivity contribution in [1.29, 1.82) is 0 Å². The van der Waals surface area contributed by atoms with Crippen LogP contribution in [0, 0.1) is 0 Å². The molecule has 0 spiro atoms. The second-order valence-electron chi connectivity index (χ2n) is 14.0. The van der Waals surface area contributed by atoms with E-state index in [4.69, 9.17) is 15.7 Å². The quantitative estimate of drug-likeness (QED) is 0.129. The first-order chi connectivity index (χ1) is 27.7. The van der Waals surface area contributed by atoms with Gasteiger partial charge in [0, 0.05) is 44.7 Å². The van der Waals surface area contributed by atoms with E-state index in [0.717, 1.165) is 39.1 Å². The number of hydrogen-bond donors (Lipinski definition) is 1. The van der Waals surface area contributed by atoms with Crippen LogP contribution in [-0.2, 0) is 0 Å². The number of nitrogens with zero attached hydrogens (tertiary/aromatic N) is 4. The predicted molar refractivity (Wildman–Crippen MR) is 234 cm³/mol. The van der Waals surface area contributed by atoms with E-state index in [1.165, 1.54) is 43.7 Å². The van der Waals surface area contributed by atoms with Crippen molar-refractivity contribution in [2.75, 3.05) is 0 Å². The van der Waals surface area contributed by atoms with E-state index in [0.29, 0.717) is 5.84 Å². The summed E-state index contributed by atoms with van der Waals surface area (Å²) in [6.07, 6.45) is 1.34. The fourth-order valence-electron chi connectivity index (χ4n) is 7.90. The van der Waals surface area contributed by atoms with Crippen molar-refractivity contribution < 1.29 is 0 Å². The molecule has 0 aliphatic rings. The Morgan fingerprint density at radius 2 is 1.00 bits per heavy atom. The Hall–Kier alpha value is -7.34. The molecule has 0 bridgehead atoms. The van der Waals surface area contributed by atoms with Crippen LogP contribution in [0.2, 0.25) is 0 Å². The molecule has 10 aromatic rings. The molecule has 5 nitrogen and oxygen atoms in total. The normalized spacial score (nSPS) is 12.7. The molecule has 0 aliphatic heterocycles. The van der Waals surface area contributed by atoms with Gasteiger partial charge in [0.05, 0.1) is 22.1 Å². The highest BCUT2D eigenvalue weighted by molar-refractivity contribution is 6.19. The maximum absolute atomic E-state index is 6.54. The van der Waals surface area contributed by atoms with Crippen molar-refractivity contribution in [2.45, 2.75) is 6.17 Å². The van der Waals surface area contributed by atoms with Gasteiger partial charge in [-0.1, -0.05) is 146 Å². The Bertz CT molecular complexity index is 3050. The maximum Gasteiger partial charge on any atom is 0.156 e. The number of rotatable bonds is 7.